The second-order valence-corrected chi connectivity index (χ2v) is 19.8. The first-order valence-corrected chi connectivity index (χ1v) is 23.1. The standard InChI is InChI=1S/C60H52N2/c1-59(2)49-23-11-9-21-41(49)43-33-45-47(35-51(43)59)58(62-55-27-15-7-19-39(55)31-32-40-20-8-16-28-56(40)62)48-36-52-44(42-22-10-12-24-50(42)60(52,3)4)34-46(48)57(45)61-53-25-13-5-17-37(53)29-30-38-18-6-14-26-54(38)61/h5-28,33-37,39,53,55H,29-32H2,1-4H3. The molecule has 0 amide bonds. The number of allylic oxidation sites excluding steroid dienone is 4. The Balaban J connectivity index is 1.26. The van der Waals surface area contributed by atoms with E-state index in [1.165, 1.54) is 99.9 Å². The van der Waals surface area contributed by atoms with Gasteiger partial charge in [0, 0.05) is 55.6 Å². The summed E-state index contributed by atoms with van der Waals surface area (Å²) in [5.74, 6) is 0.776. The molecule has 0 aromatic heterocycles. The molecule has 0 radical (unpaired) electrons. The van der Waals surface area contributed by atoms with Gasteiger partial charge in [0.25, 0.3) is 0 Å². The Hall–Kier alpha value is -6.38. The highest BCUT2D eigenvalue weighted by atomic mass is 15.2. The van der Waals surface area contributed by atoms with Crippen LogP contribution in [0.2, 0.25) is 0 Å². The normalized spacial score (nSPS) is 22.8. The van der Waals surface area contributed by atoms with Crippen LogP contribution in [-0.4, -0.2) is 12.1 Å². The molecule has 7 aromatic carbocycles. The van der Waals surface area contributed by atoms with E-state index in [1.54, 1.807) is 0 Å². The number of hydrogen-bond acceptors (Lipinski definition) is 2. The van der Waals surface area contributed by atoms with Crippen molar-refractivity contribution < 1.29 is 0 Å². The molecule has 62 heavy (non-hydrogen) atoms. The molecule has 2 heteroatoms. The summed E-state index contributed by atoms with van der Waals surface area (Å²) < 4.78 is 0. The summed E-state index contributed by atoms with van der Waals surface area (Å²) in [6.07, 6.45) is 23.5. The van der Waals surface area contributed by atoms with E-state index in [9.17, 15) is 0 Å². The Morgan fingerprint density at radius 3 is 1.26 bits per heavy atom. The summed E-state index contributed by atoms with van der Waals surface area (Å²) in [4.78, 5) is 5.59. The van der Waals surface area contributed by atoms with Gasteiger partial charge in [0.05, 0.1) is 23.5 Å². The lowest BCUT2D eigenvalue weighted by Gasteiger charge is -2.41. The monoisotopic (exact) mass is 800 g/mol. The molecule has 0 N–H and O–H groups in total. The van der Waals surface area contributed by atoms with Gasteiger partial charge in [0.1, 0.15) is 0 Å². The van der Waals surface area contributed by atoms with Gasteiger partial charge in [-0.3, -0.25) is 0 Å². The molecule has 7 aromatic rings. The Morgan fingerprint density at radius 2 is 0.790 bits per heavy atom. The summed E-state index contributed by atoms with van der Waals surface area (Å²) in [7, 11) is 0. The summed E-state index contributed by atoms with van der Waals surface area (Å²) >= 11 is 0. The van der Waals surface area contributed by atoms with Gasteiger partial charge < -0.3 is 9.80 Å². The predicted molar refractivity (Wildman–Crippen MR) is 262 cm³/mol. The average molecular weight is 801 g/mol. The first-order valence-electron chi connectivity index (χ1n) is 23.1. The molecule has 2 heterocycles. The molecule has 302 valence electrons. The minimum atomic E-state index is -0.155. The maximum atomic E-state index is 2.80. The van der Waals surface area contributed by atoms with Gasteiger partial charge in [-0.05, 0) is 118 Å². The molecule has 6 aliphatic rings. The first-order chi connectivity index (χ1) is 30.3. The number of rotatable bonds is 2. The van der Waals surface area contributed by atoms with Crippen LogP contribution in [0.3, 0.4) is 0 Å². The summed E-state index contributed by atoms with van der Waals surface area (Å²) in [6.45, 7) is 9.77. The minimum absolute atomic E-state index is 0.155. The average Bonchev–Trinajstić information content (AvgIpc) is 3.48. The number of anilines is 4. The molecule has 0 saturated heterocycles. The Morgan fingerprint density at radius 1 is 0.403 bits per heavy atom. The first kappa shape index (κ1) is 36.3. The van der Waals surface area contributed by atoms with Gasteiger partial charge in [-0.1, -0.05) is 161 Å². The zero-order chi connectivity index (χ0) is 41.5. The van der Waals surface area contributed by atoms with Gasteiger partial charge in [-0.25, -0.2) is 0 Å². The van der Waals surface area contributed by atoms with E-state index in [-0.39, 0.29) is 22.9 Å². The molecule has 4 unspecified atom stereocenters. The van der Waals surface area contributed by atoms with Crippen LogP contribution in [-0.2, 0) is 23.7 Å². The second-order valence-electron chi connectivity index (χ2n) is 19.8. The molecular weight excluding hydrogens is 749 g/mol. The fraction of sp³-hybridized carbons (Fsp3) is 0.233. The van der Waals surface area contributed by atoms with Crippen LogP contribution in [0.1, 0.15) is 73.9 Å². The minimum Gasteiger partial charge on any atom is -0.333 e. The second kappa shape index (κ2) is 13.1. The van der Waals surface area contributed by atoms with Gasteiger partial charge in [-0.2, -0.15) is 0 Å². The molecule has 2 aliphatic heterocycles. The third kappa shape index (κ3) is 4.93. The van der Waals surface area contributed by atoms with Crippen LogP contribution in [0.15, 0.2) is 170 Å². The molecule has 4 atom stereocenters. The summed E-state index contributed by atoms with van der Waals surface area (Å²) in [6, 6.07) is 47.9. The quantitative estimate of drug-likeness (QED) is 0.161. The van der Waals surface area contributed by atoms with E-state index >= 15 is 0 Å². The lowest BCUT2D eigenvalue weighted by Crippen LogP contribution is -2.37. The third-order valence-corrected chi connectivity index (χ3v) is 16.0. The number of para-hydroxylation sites is 2. The van der Waals surface area contributed by atoms with Crippen LogP contribution < -0.4 is 9.80 Å². The van der Waals surface area contributed by atoms with Crippen LogP contribution in [0.5, 0.6) is 0 Å². The summed E-state index contributed by atoms with van der Waals surface area (Å²) in [5.41, 5.74) is 19.0. The van der Waals surface area contributed by atoms with E-state index in [0.717, 1.165) is 25.7 Å². The Labute approximate surface area is 366 Å². The molecule has 0 fully saturated rings. The maximum Gasteiger partial charge on any atom is 0.0588 e. The topological polar surface area (TPSA) is 6.48 Å². The van der Waals surface area contributed by atoms with Crippen LogP contribution >= 0.6 is 0 Å². The van der Waals surface area contributed by atoms with Gasteiger partial charge >= 0.3 is 0 Å². The molecular formula is C60H52N2. The SMILES string of the molecule is CC1(C)c2ccccc2-c2cc3c(N4c5ccccc5CCC5C=CC=CC54)c4cc5c(cc4c(N4c6ccccc6CCC6C=CC=CC64)c3cc21)C(C)(C)c1ccccc1-5. The number of hydrogen-bond donors (Lipinski definition) is 0. The van der Waals surface area contributed by atoms with Crippen molar-refractivity contribution in [2.75, 3.05) is 9.80 Å². The number of benzene rings is 7. The maximum absolute atomic E-state index is 2.80. The lowest BCUT2D eigenvalue weighted by molar-refractivity contribution is 0.535. The van der Waals surface area contributed by atoms with Crippen LogP contribution in [0, 0.1) is 11.8 Å². The van der Waals surface area contributed by atoms with E-state index in [2.05, 4.69) is 207 Å². The molecule has 4 aliphatic carbocycles. The van der Waals surface area contributed by atoms with Crippen LogP contribution in [0.4, 0.5) is 22.7 Å². The van der Waals surface area contributed by atoms with Crippen molar-refractivity contribution in [1.29, 1.82) is 0 Å². The molecule has 2 nitrogen and oxygen atoms in total. The molecule has 0 saturated carbocycles. The summed E-state index contributed by atoms with van der Waals surface area (Å²) in [5, 5.41) is 5.34. The highest BCUT2D eigenvalue weighted by Crippen LogP contribution is 2.59. The molecule has 0 bridgehead atoms. The van der Waals surface area contributed by atoms with Gasteiger partial charge in [0.2, 0.25) is 0 Å². The van der Waals surface area contributed by atoms with E-state index < -0.39 is 0 Å². The Kier molecular flexibility index (Phi) is 7.65. The third-order valence-electron chi connectivity index (χ3n) is 16.0. The van der Waals surface area contributed by atoms with Gasteiger partial charge in [-0.15, -0.1) is 0 Å². The number of fused-ring (bicyclic) bond motifs is 12. The van der Waals surface area contributed by atoms with Crippen molar-refractivity contribution in [2.45, 2.75) is 76.3 Å². The van der Waals surface area contributed by atoms with Crippen LogP contribution in [0.25, 0.3) is 43.8 Å². The smallest absolute Gasteiger partial charge is 0.0588 e. The van der Waals surface area contributed by atoms with Crippen molar-refractivity contribution in [3.8, 4) is 22.3 Å². The van der Waals surface area contributed by atoms with Crippen molar-refractivity contribution in [3.05, 3.63) is 203 Å². The number of nitrogens with zero attached hydrogens (tertiary/aromatic N) is 2. The van der Waals surface area contributed by atoms with Crippen molar-refractivity contribution >= 4 is 44.3 Å². The fourth-order valence-electron chi connectivity index (χ4n) is 12.9. The highest BCUT2D eigenvalue weighted by molar-refractivity contribution is 6.24. The fourth-order valence-corrected chi connectivity index (χ4v) is 12.9. The van der Waals surface area contributed by atoms with Crippen molar-refractivity contribution in [3.63, 3.8) is 0 Å². The van der Waals surface area contributed by atoms with E-state index in [4.69, 9.17) is 0 Å². The number of aryl methyl sites for hydroxylation is 2. The zero-order valence-electron chi connectivity index (χ0n) is 36.2. The zero-order valence-corrected chi connectivity index (χ0v) is 36.2. The van der Waals surface area contributed by atoms with E-state index in [1.807, 2.05) is 0 Å². The molecule has 0 spiro atoms. The van der Waals surface area contributed by atoms with Crippen molar-refractivity contribution in [1.82, 2.24) is 0 Å². The van der Waals surface area contributed by atoms with Gasteiger partial charge in [0.15, 0.2) is 0 Å². The highest BCUT2D eigenvalue weighted by Gasteiger charge is 2.42. The predicted octanol–water partition coefficient (Wildman–Crippen LogP) is 15.0. The largest absolute Gasteiger partial charge is 0.333 e. The molecule has 13 rings (SSSR count). The Bertz CT molecular complexity index is 3060. The van der Waals surface area contributed by atoms with Crippen molar-refractivity contribution in [2.24, 2.45) is 11.8 Å². The lowest BCUT2D eigenvalue weighted by atomic mass is 9.79. The van der Waals surface area contributed by atoms with E-state index in [0.29, 0.717) is 11.8 Å².